The third-order valence-electron chi connectivity index (χ3n) is 3.88. The lowest BCUT2D eigenvalue weighted by Gasteiger charge is -2.29. The van der Waals surface area contributed by atoms with Crippen LogP contribution >= 0.6 is 0 Å². The Morgan fingerprint density at radius 2 is 1.94 bits per heavy atom. The first-order chi connectivity index (χ1) is 8.66. The van der Waals surface area contributed by atoms with Crippen molar-refractivity contribution >= 4 is 5.69 Å². The maximum absolute atomic E-state index is 5.84. The van der Waals surface area contributed by atoms with Crippen molar-refractivity contribution in [2.45, 2.75) is 58.0 Å². The molecule has 1 aromatic rings. The molecule has 0 amide bonds. The van der Waals surface area contributed by atoms with Gasteiger partial charge in [-0.25, -0.2) is 0 Å². The molecule has 0 saturated carbocycles. The van der Waals surface area contributed by atoms with Crippen LogP contribution in [0.25, 0.3) is 0 Å². The van der Waals surface area contributed by atoms with Crippen LogP contribution in [0.15, 0.2) is 24.3 Å². The standard InChI is InChI=1S/C16H26N2/c1-13(17)12-15-7-9-16(10-8-15)18-11-5-3-4-6-14(18)2/h7-10,13-14H,3-6,11-12,17H2,1-2H3. The predicted octanol–water partition coefficient (Wildman–Crippen LogP) is 3.35. The van der Waals surface area contributed by atoms with Gasteiger partial charge in [0.2, 0.25) is 0 Å². The molecule has 1 aliphatic rings. The van der Waals surface area contributed by atoms with E-state index in [9.17, 15) is 0 Å². The zero-order valence-corrected chi connectivity index (χ0v) is 11.7. The summed E-state index contributed by atoms with van der Waals surface area (Å²) in [5.74, 6) is 0. The Bertz CT molecular complexity index is 356. The van der Waals surface area contributed by atoms with Gasteiger partial charge in [-0.2, -0.15) is 0 Å². The van der Waals surface area contributed by atoms with Crippen molar-refractivity contribution in [2.24, 2.45) is 5.73 Å². The molecule has 0 aliphatic carbocycles. The van der Waals surface area contributed by atoms with E-state index in [4.69, 9.17) is 5.73 Å². The number of hydrogen-bond donors (Lipinski definition) is 1. The lowest BCUT2D eigenvalue weighted by Crippen LogP contribution is -2.32. The fourth-order valence-corrected chi connectivity index (χ4v) is 2.85. The van der Waals surface area contributed by atoms with E-state index in [1.165, 1.54) is 43.5 Å². The van der Waals surface area contributed by atoms with Crippen LogP contribution in [0.5, 0.6) is 0 Å². The summed E-state index contributed by atoms with van der Waals surface area (Å²) in [6, 6.07) is 9.91. The minimum Gasteiger partial charge on any atom is -0.369 e. The molecule has 100 valence electrons. The van der Waals surface area contributed by atoms with Crippen LogP contribution in [0.1, 0.15) is 45.1 Å². The van der Waals surface area contributed by atoms with Gasteiger partial charge in [-0.1, -0.05) is 25.0 Å². The Morgan fingerprint density at radius 1 is 1.22 bits per heavy atom. The van der Waals surface area contributed by atoms with Crippen molar-refractivity contribution < 1.29 is 0 Å². The first kappa shape index (κ1) is 13.4. The summed E-state index contributed by atoms with van der Waals surface area (Å²) >= 11 is 0. The molecular formula is C16H26N2. The first-order valence-corrected chi connectivity index (χ1v) is 7.28. The van der Waals surface area contributed by atoms with Gasteiger partial charge in [0.25, 0.3) is 0 Å². The third-order valence-corrected chi connectivity index (χ3v) is 3.88. The zero-order chi connectivity index (χ0) is 13.0. The average Bonchev–Trinajstić information content (AvgIpc) is 2.54. The molecular weight excluding hydrogens is 220 g/mol. The number of anilines is 1. The van der Waals surface area contributed by atoms with Gasteiger partial charge in [0.1, 0.15) is 0 Å². The van der Waals surface area contributed by atoms with Crippen LogP contribution < -0.4 is 10.6 Å². The molecule has 1 heterocycles. The Hall–Kier alpha value is -1.02. The van der Waals surface area contributed by atoms with Crippen molar-refractivity contribution in [1.82, 2.24) is 0 Å². The summed E-state index contributed by atoms with van der Waals surface area (Å²) < 4.78 is 0. The van der Waals surface area contributed by atoms with Crippen LogP contribution in [0, 0.1) is 0 Å². The average molecular weight is 246 g/mol. The Kier molecular flexibility index (Phi) is 4.65. The molecule has 0 spiro atoms. The Labute approximate surface area is 111 Å². The quantitative estimate of drug-likeness (QED) is 0.886. The second-order valence-electron chi connectivity index (χ2n) is 5.74. The smallest absolute Gasteiger partial charge is 0.0368 e. The second kappa shape index (κ2) is 6.24. The van der Waals surface area contributed by atoms with Gasteiger partial charge in [0.05, 0.1) is 0 Å². The molecule has 1 fully saturated rings. The van der Waals surface area contributed by atoms with Gasteiger partial charge in [0, 0.05) is 24.3 Å². The zero-order valence-electron chi connectivity index (χ0n) is 11.7. The number of rotatable bonds is 3. The van der Waals surface area contributed by atoms with Crippen molar-refractivity contribution in [3.8, 4) is 0 Å². The van der Waals surface area contributed by atoms with Crippen LogP contribution in [0.3, 0.4) is 0 Å². The maximum Gasteiger partial charge on any atom is 0.0368 e. The van der Waals surface area contributed by atoms with Gasteiger partial charge in [-0.3, -0.25) is 0 Å². The molecule has 2 N–H and O–H groups in total. The van der Waals surface area contributed by atoms with Gasteiger partial charge in [-0.05, 0) is 50.8 Å². The lowest BCUT2D eigenvalue weighted by molar-refractivity contribution is 0.616. The summed E-state index contributed by atoms with van der Waals surface area (Å²) in [4.78, 5) is 2.56. The van der Waals surface area contributed by atoms with Gasteiger partial charge < -0.3 is 10.6 Å². The van der Waals surface area contributed by atoms with E-state index in [0.29, 0.717) is 6.04 Å². The van der Waals surface area contributed by atoms with Gasteiger partial charge in [0.15, 0.2) is 0 Å². The third kappa shape index (κ3) is 3.49. The number of nitrogens with two attached hydrogens (primary N) is 1. The summed E-state index contributed by atoms with van der Waals surface area (Å²) in [7, 11) is 0. The number of nitrogens with zero attached hydrogens (tertiary/aromatic N) is 1. The van der Waals surface area contributed by atoms with E-state index in [2.05, 4.69) is 43.0 Å². The van der Waals surface area contributed by atoms with Crippen LogP contribution in [-0.2, 0) is 6.42 Å². The molecule has 1 aromatic carbocycles. The van der Waals surface area contributed by atoms with E-state index < -0.39 is 0 Å². The number of benzene rings is 1. The van der Waals surface area contributed by atoms with E-state index in [0.717, 1.165) is 6.42 Å². The largest absolute Gasteiger partial charge is 0.369 e. The van der Waals surface area contributed by atoms with Crippen molar-refractivity contribution in [2.75, 3.05) is 11.4 Å². The summed E-state index contributed by atoms with van der Waals surface area (Å²) in [6.45, 7) is 5.61. The molecule has 2 rings (SSSR count). The fourth-order valence-electron chi connectivity index (χ4n) is 2.85. The van der Waals surface area contributed by atoms with Crippen molar-refractivity contribution in [3.05, 3.63) is 29.8 Å². The molecule has 2 unspecified atom stereocenters. The van der Waals surface area contributed by atoms with Crippen LogP contribution in [0.2, 0.25) is 0 Å². The predicted molar refractivity (Wildman–Crippen MR) is 79.1 cm³/mol. The minimum absolute atomic E-state index is 0.243. The molecule has 0 aromatic heterocycles. The lowest BCUT2D eigenvalue weighted by atomic mass is 10.1. The van der Waals surface area contributed by atoms with Crippen molar-refractivity contribution in [3.63, 3.8) is 0 Å². The minimum atomic E-state index is 0.243. The monoisotopic (exact) mass is 246 g/mol. The van der Waals surface area contributed by atoms with E-state index in [1.54, 1.807) is 0 Å². The van der Waals surface area contributed by atoms with Crippen LogP contribution in [0.4, 0.5) is 5.69 Å². The summed E-state index contributed by atoms with van der Waals surface area (Å²) in [6.07, 6.45) is 6.37. The topological polar surface area (TPSA) is 29.3 Å². The Morgan fingerprint density at radius 3 is 2.61 bits per heavy atom. The first-order valence-electron chi connectivity index (χ1n) is 7.28. The normalized spacial score (nSPS) is 22.6. The second-order valence-corrected chi connectivity index (χ2v) is 5.74. The molecule has 2 heteroatoms. The molecule has 1 saturated heterocycles. The highest BCUT2D eigenvalue weighted by Crippen LogP contribution is 2.24. The molecule has 0 bridgehead atoms. The maximum atomic E-state index is 5.84. The highest BCUT2D eigenvalue weighted by Gasteiger charge is 2.16. The fraction of sp³-hybridized carbons (Fsp3) is 0.625. The summed E-state index contributed by atoms with van der Waals surface area (Å²) in [5.41, 5.74) is 8.55. The molecule has 1 aliphatic heterocycles. The molecule has 18 heavy (non-hydrogen) atoms. The van der Waals surface area contributed by atoms with Gasteiger partial charge >= 0.3 is 0 Å². The van der Waals surface area contributed by atoms with Crippen LogP contribution in [-0.4, -0.2) is 18.6 Å². The van der Waals surface area contributed by atoms with Crippen molar-refractivity contribution in [1.29, 1.82) is 0 Å². The summed E-state index contributed by atoms with van der Waals surface area (Å²) in [5, 5.41) is 0. The van der Waals surface area contributed by atoms with E-state index in [-0.39, 0.29) is 6.04 Å². The molecule has 2 atom stereocenters. The molecule has 0 radical (unpaired) electrons. The molecule has 2 nitrogen and oxygen atoms in total. The SMILES string of the molecule is CC(N)Cc1ccc(N2CCCCCC2C)cc1. The Balaban J connectivity index is 2.07. The number of hydrogen-bond acceptors (Lipinski definition) is 2. The highest BCUT2D eigenvalue weighted by atomic mass is 15.2. The highest BCUT2D eigenvalue weighted by molar-refractivity contribution is 5.48. The van der Waals surface area contributed by atoms with Gasteiger partial charge in [-0.15, -0.1) is 0 Å². The van der Waals surface area contributed by atoms with E-state index in [1.807, 2.05) is 0 Å². The van der Waals surface area contributed by atoms with E-state index >= 15 is 0 Å².